The Morgan fingerprint density at radius 3 is 2.50 bits per heavy atom. The van der Waals surface area contributed by atoms with Crippen molar-refractivity contribution in [2.24, 2.45) is 0 Å². The third kappa shape index (κ3) is 3.85. The first-order chi connectivity index (χ1) is 16.3. The van der Waals surface area contributed by atoms with Gasteiger partial charge in [0, 0.05) is 13.1 Å². The zero-order chi connectivity index (χ0) is 23.9. The second-order valence-corrected chi connectivity index (χ2v) is 9.33. The summed E-state index contributed by atoms with van der Waals surface area (Å²) in [6.07, 6.45) is 0. The monoisotopic (exact) mass is 452 g/mol. The standard InChI is InChI=1S/C28H28N4O2/c1-19-11-13-21(14-12-19)16-29-27(34)28(3)18-31-24-10-5-4-9-23(24)30-25(31)26(33)32(28)17-22-8-6-7-20(2)15-22/h4-15H,16-18H2,1-3H3,(H,29,34)/t28-/m1/s1. The van der Waals surface area contributed by atoms with Crippen LogP contribution in [0.2, 0.25) is 0 Å². The Hall–Kier alpha value is -3.93. The number of hydrogen-bond donors (Lipinski definition) is 1. The van der Waals surface area contributed by atoms with Crippen LogP contribution in [-0.4, -0.2) is 31.8 Å². The Balaban J connectivity index is 1.52. The largest absolute Gasteiger partial charge is 0.350 e. The number of nitrogens with zero attached hydrogens (tertiary/aromatic N) is 3. The van der Waals surface area contributed by atoms with Crippen LogP contribution in [0.5, 0.6) is 0 Å². The highest BCUT2D eigenvalue weighted by atomic mass is 16.2. The van der Waals surface area contributed by atoms with E-state index in [4.69, 9.17) is 0 Å². The molecule has 34 heavy (non-hydrogen) atoms. The highest BCUT2D eigenvalue weighted by molar-refractivity contribution is 6.01. The smallest absolute Gasteiger partial charge is 0.291 e. The number of aromatic nitrogens is 2. The molecule has 4 aromatic rings. The lowest BCUT2D eigenvalue weighted by Crippen LogP contribution is -2.63. The fourth-order valence-corrected chi connectivity index (χ4v) is 4.65. The van der Waals surface area contributed by atoms with Crippen molar-refractivity contribution in [2.75, 3.05) is 0 Å². The van der Waals surface area contributed by atoms with E-state index in [0.29, 0.717) is 25.5 Å². The van der Waals surface area contributed by atoms with Crippen molar-refractivity contribution in [2.45, 2.75) is 45.9 Å². The van der Waals surface area contributed by atoms with E-state index in [1.807, 2.05) is 92.1 Å². The lowest BCUT2D eigenvalue weighted by molar-refractivity contribution is -0.133. The van der Waals surface area contributed by atoms with Crippen LogP contribution < -0.4 is 5.32 Å². The van der Waals surface area contributed by atoms with Gasteiger partial charge in [-0.25, -0.2) is 4.98 Å². The van der Waals surface area contributed by atoms with Gasteiger partial charge in [0.15, 0.2) is 5.82 Å². The van der Waals surface area contributed by atoms with Gasteiger partial charge in [0.25, 0.3) is 5.91 Å². The molecule has 0 bridgehead atoms. The van der Waals surface area contributed by atoms with E-state index in [0.717, 1.165) is 27.7 Å². The Kier molecular flexibility index (Phi) is 5.44. The molecule has 2 heterocycles. The minimum atomic E-state index is -1.08. The first kappa shape index (κ1) is 21.9. The number of amides is 2. The first-order valence-corrected chi connectivity index (χ1v) is 11.5. The van der Waals surface area contributed by atoms with Gasteiger partial charge in [-0.1, -0.05) is 71.8 Å². The van der Waals surface area contributed by atoms with E-state index in [-0.39, 0.29) is 11.8 Å². The molecule has 2 amide bonds. The Labute approximate surface area is 199 Å². The summed E-state index contributed by atoms with van der Waals surface area (Å²) in [7, 11) is 0. The summed E-state index contributed by atoms with van der Waals surface area (Å²) >= 11 is 0. The van der Waals surface area contributed by atoms with Gasteiger partial charge >= 0.3 is 0 Å². The highest BCUT2D eigenvalue weighted by Crippen LogP contribution is 2.32. The number of carbonyl (C=O) groups excluding carboxylic acids is 2. The molecule has 0 saturated carbocycles. The Bertz CT molecular complexity index is 1390. The van der Waals surface area contributed by atoms with Crippen LogP contribution in [0.15, 0.2) is 72.8 Å². The van der Waals surface area contributed by atoms with Crippen LogP contribution in [0, 0.1) is 13.8 Å². The summed E-state index contributed by atoms with van der Waals surface area (Å²) < 4.78 is 1.88. The van der Waals surface area contributed by atoms with Gasteiger partial charge in [-0.3, -0.25) is 9.59 Å². The average Bonchev–Trinajstić information content (AvgIpc) is 3.20. The molecule has 6 heteroatoms. The number of benzene rings is 3. The summed E-state index contributed by atoms with van der Waals surface area (Å²) in [6, 6.07) is 23.8. The van der Waals surface area contributed by atoms with E-state index in [2.05, 4.69) is 16.4 Å². The summed E-state index contributed by atoms with van der Waals surface area (Å²) in [6.45, 7) is 6.97. The number of para-hydroxylation sites is 2. The molecule has 1 aliphatic rings. The molecule has 1 atom stereocenters. The van der Waals surface area contributed by atoms with Crippen molar-refractivity contribution in [3.8, 4) is 0 Å². The first-order valence-electron chi connectivity index (χ1n) is 11.5. The zero-order valence-corrected chi connectivity index (χ0v) is 19.7. The SMILES string of the molecule is Cc1ccc(CNC(=O)[C@@]2(C)Cn3c(nc4ccccc43)C(=O)N2Cc2cccc(C)c2)cc1. The number of imidazole rings is 1. The van der Waals surface area contributed by atoms with Crippen molar-refractivity contribution in [1.29, 1.82) is 0 Å². The summed E-state index contributed by atoms with van der Waals surface area (Å²) in [5.74, 6) is -0.0490. The van der Waals surface area contributed by atoms with Gasteiger partial charge in [-0.2, -0.15) is 0 Å². The molecule has 0 unspecified atom stereocenters. The van der Waals surface area contributed by atoms with Crippen molar-refractivity contribution in [1.82, 2.24) is 19.8 Å². The molecule has 5 rings (SSSR count). The minimum absolute atomic E-state index is 0.183. The van der Waals surface area contributed by atoms with Gasteiger partial charge in [0.1, 0.15) is 5.54 Å². The van der Waals surface area contributed by atoms with Gasteiger partial charge in [-0.15, -0.1) is 0 Å². The fraction of sp³-hybridized carbons (Fsp3) is 0.250. The van der Waals surface area contributed by atoms with Crippen molar-refractivity contribution in [3.05, 3.63) is 101 Å². The normalized spacial score (nSPS) is 17.6. The third-order valence-corrected chi connectivity index (χ3v) is 6.64. The van der Waals surface area contributed by atoms with Crippen LogP contribution in [0.25, 0.3) is 11.0 Å². The van der Waals surface area contributed by atoms with Crippen molar-refractivity contribution in [3.63, 3.8) is 0 Å². The Morgan fingerprint density at radius 1 is 0.971 bits per heavy atom. The number of aryl methyl sites for hydroxylation is 2. The van der Waals surface area contributed by atoms with E-state index in [9.17, 15) is 9.59 Å². The molecule has 0 aliphatic carbocycles. The molecule has 1 aromatic heterocycles. The molecule has 0 spiro atoms. The van der Waals surface area contributed by atoms with Crippen LogP contribution in [0.4, 0.5) is 0 Å². The second-order valence-electron chi connectivity index (χ2n) is 9.33. The quantitative estimate of drug-likeness (QED) is 0.489. The van der Waals surface area contributed by atoms with Crippen LogP contribution in [0.1, 0.15) is 39.8 Å². The predicted octanol–water partition coefficient (Wildman–Crippen LogP) is 4.38. The maximum atomic E-state index is 13.8. The van der Waals surface area contributed by atoms with Crippen molar-refractivity contribution < 1.29 is 9.59 Å². The number of carbonyl (C=O) groups is 2. The van der Waals surface area contributed by atoms with Crippen molar-refractivity contribution >= 4 is 22.8 Å². The summed E-state index contributed by atoms with van der Waals surface area (Å²) in [4.78, 5) is 33.8. The molecule has 0 radical (unpaired) electrons. The number of hydrogen-bond acceptors (Lipinski definition) is 3. The van der Waals surface area contributed by atoms with E-state index in [1.165, 1.54) is 5.56 Å². The molecule has 1 N–H and O–H groups in total. The Morgan fingerprint density at radius 2 is 1.74 bits per heavy atom. The van der Waals surface area contributed by atoms with E-state index in [1.54, 1.807) is 4.90 Å². The van der Waals surface area contributed by atoms with Gasteiger partial charge in [0.2, 0.25) is 5.91 Å². The molecule has 172 valence electrons. The van der Waals surface area contributed by atoms with Gasteiger partial charge in [-0.05, 0) is 44.0 Å². The van der Waals surface area contributed by atoms with Crippen LogP contribution >= 0.6 is 0 Å². The molecule has 6 nitrogen and oxygen atoms in total. The zero-order valence-electron chi connectivity index (χ0n) is 19.7. The number of nitrogens with one attached hydrogen (secondary N) is 1. The lowest BCUT2D eigenvalue weighted by Gasteiger charge is -2.43. The molecule has 3 aromatic carbocycles. The lowest BCUT2D eigenvalue weighted by atomic mass is 9.94. The molecule has 0 fully saturated rings. The maximum Gasteiger partial charge on any atom is 0.291 e. The number of fused-ring (bicyclic) bond motifs is 3. The highest BCUT2D eigenvalue weighted by Gasteiger charge is 2.48. The molecular weight excluding hydrogens is 424 g/mol. The van der Waals surface area contributed by atoms with E-state index >= 15 is 0 Å². The fourth-order valence-electron chi connectivity index (χ4n) is 4.65. The minimum Gasteiger partial charge on any atom is -0.350 e. The van der Waals surface area contributed by atoms with Gasteiger partial charge < -0.3 is 14.8 Å². The number of rotatable bonds is 5. The predicted molar refractivity (Wildman–Crippen MR) is 132 cm³/mol. The summed E-state index contributed by atoms with van der Waals surface area (Å²) in [5.41, 5.74) is 4.81. The summed E-state index contributed by atoms with van der Waals surface area (Å²) in [5, 5.41) is 3.08. The topological polar surface area (TPSA) is 67.2 Å². The molecular formula is C28H28N4O2. The average molecular weight is 453 g/mol. The third-order valence-electron chi connectivity index (χ3n) is 6.64. The van der Waals surface area contributed by atoms with Crippen LogP contribution in [-0.2, 0) is 24.4 Å². The van der Waals surface area contributed by atoms with Crippen LogP contribution in [0.3, 0.4) is 0 Å². The van der Waals surface area contributed by atoms with Gasteiger partial charge in [0.05, 0.1) is 17.6 Å². The van der Waals surface area contributed by atoms with E-state index < -0.39 is 5.54 Å². The molecule has 0 saturated heterocycles. The maximum absolute atomic E-state index is 13.8. The molecule has 1 aliphatic heterocycles. The second kappa shape index (κ2) is 8.45.